The highest BCUT2D eigenvalue weighted by atomic mass is 16.5. The van der Waals surface area contributed by atoms with E-state index in [-0.39, 0.29) is 12.5 Å². The predicted molar refractivity (Wildman–Crippen MR) is 53.9 cm³/mol. The summed E-state index contributed by atoms with van der Waals surface area (Å²) in [4.78, 5) is 12.9. The number of carbonyl (C=O) groups excluding carboxylic acids is 1. The van der Waals surface area contributed by atoms with Gasteiger partial charge in [0.2, 0.25) is 0 Å². The molecule has 1 aromatic rings. The number of morpholine rings is 1. The summed E-state index contributed by atoms with van der Waals surface area (Å²) >= 11 is 0. The van der Waals surface area contributed by atoms with Crippen LogP contribution in [0.3, 0.4) is 0 Å². The van der Waals surface area contributed by atoms with E-state index >= 15 is 0 Å². The highest BCUT2D eigenvalue weighted by molar-refractivity contribution is 5.78. The molecule has 2 rings (SSSR count). The largest absolute Gasteiger partial charge is 0.370 e. The zero-order valence-corrected chi connectivity index (χ0v) is 8.30. The van der Waals surface area contributed by atoms with Crippen LogP contribution in [0.25, 0.3) is 0 Å². The van der Waals surface area contributed by atoms with Gasteiger partial charge in [0.1, 0.15) is 6.61 Å². The van der Waals surface area contributed by atoms with E-state index in [2.05, 4.69) is 0 Å². The summed E-state index contributed by atoms with van der Waals surface area (Å²) < 4.78 is 5.00. The van der Waals surface area contributed by atoms with Crippen molar-refractivity contribution in [2.45, 2.75) is 6.23 Å². The topological polar surface area (TPSA) is 49.8 Å². The van der Waals surface area contributed by atoms with Crippen molar-refractivity contribution < 1.29 is 14.6 Å². The van der Waals surface area contributed by atoms with Gasteiger partial charge in [-0.25, -0.2) is 0 Å². The normalized spacial score (nSPS) is 19.0. The third kappa shape index (κ3) is 2.16. The minimum absolute atomic E-state index is 0.0594. The summed E-state index contributed by atoms with van der Waals surface area (Å²) in [5.41, 5.74) is 0.729. The van der Waals surface area contributed by atoms with Crippen LogP contribution in [0.4, 0.5) is 0 Å². The SMILES string of the molecule is O=C1COCCN1C(O)c1ccccc1. The second kappa shape index (κ2) is 4.42. The molecule has 1 heterocycles. The molecule has 1 aromatic carbocycles. The van der Waals surface area contributed by atoms with Gasteiger partial charge in [-0.05, 0) is 0 Å². The van der Waals surface area contributed by atoms with Gasteiger partial charge in [-0.15, -0.1) is 0 Å². The Hall–Kier alpha value is -1.39. The summed E-state index contributed by atoms with van der Waals surface area (Å²) in [6, 6.07) is 9.14. The molecule has 1 aliphatic rings. The number of nitrogens with zero attached hydrogens (tertiary/aromatic N) is 1. The van der Waals surface area contributed by atoms with E-state index in [0.29, 0.717) is 13.2 Å². The molecule has 1 fully saturated rings. The van der Waals surface area contributed by atoms with E-state index in [0.717, 1.165) is 5.56 Å². The summed E-state index contributed by atoms with van der Waals surface area (Å²) in [7, 11) is 0. The predicted octanol–water partition coefficient (Wildman–Crippen LogP) is 0.536. The Morgan fingerprint density at radius 3 is 2.73 bits per heavy atom. The molecule has 1 amide bonds. The Balaban J connectivity index is 2.13. The smallest absolute Gasteiger partial charge is 0.250 e. The van der Waals surface area contributed by atoms with E-state index in [1.54, 1.807) is 12.1 Å². The number of rotatable bonds is 2. The van der Waals surface area contributed by atoms with E-state index in [1.807, 2.05) is 18.2 Å². The molecule has 80 valence electrons. The van der Waals surface area contributed by atoms with Crippen molar-refractivity contribution in [1.29, 1.82) is 0 Å². The second-order valence-electron chi connectivity index (χ2n) is 3.42. The lowest BCUT2D eigenvalue weighted by atomic mass is 10.2. The molecule has 1 N–H and O–H groups in total. The van der Waals surface area contributed by atoms with Gasteiger partial charge in [0.25, 0.3) is 5.91 Å². The molecule has 15 heavy (non-hydrogen) atoms. The highest BCUT2D eigenvalue weighted by Gasteiger charge is 2.25. The standard InChI is InChI=1S/C11H13NO3/c13-10-8-15-7-6-12(10)11(14)9-4-2-1-3-5-9/h1-5,11,14H,6-8H2. The van der Waals surface area contributed by atoms with Crippen LogP contribution < -0.4 is 0 Å². The average molecular weight is 207 g/mol. The highest BCUT2D eigenvalue weighted by Crippen LogP contribution is 2.18. The number of hydrogen-bond acceptors (Lipinski definition) is 3. The zero-order chi connectivity index (χ0) is 10.7. The van der Waals surface area contributed by atoms with E-state index in [1.165, 1.54) is 4.90 Å². The fourth-order valence-electron chi connectivity index (χ4n) is 1.59. The second-order valence-corrected chi connectivity index (χ2v) is 3.42. The van der Waals surface area contributed by atoms with Crippen molar-refractivity contribution in [3.05, 3.63) is 35.9 Å². The number of ether oxygens (including phenoxy) is 1. The van der Waals surface area contributed by atoms with Gasteiger partial charge in [-0.1, -0.05) is 30.3 Å². The first-order chi connectivity index (χ1) is 7.29. The zero-order valence-electron chi connectivity index (χ0n) is 8.30. The molecule has 1 atom stereocenters. The summed E-state index contributed by atoms with van der Waals surface area (Å²) in [5, 5.41) is 9.97. The van der Waals surface area contributed by atoms with E-state index in [4.69, 9.17) is 4.74 Å². The van der Waals surface area contributed by atoms with Crippen LogP contribution >= 0.6 is 0 Å². The lowest BCUT2D eigenvalue weighted by Gasteiger charge is -2.31. The number of aliphatic hydroxyl groups is 1. The molecule has 0 aliphatic carbocycles. The first-order valence-corrected chi connectivity index (χ1v) is 4.89. The molecule has 1 aliphatic heterocycles. The maximum absolute atomic E-state index is 11.4. The van der Waals surface area contributed by atoms with E-state index in [9.17, 15) is 9.90 Å². The van der Waals surface area contributed by atoms with Crippen LogP contribution in [0.2, 0.25) is 0 Å². The number of amides is 1. The van der Waals surface area contributed by atoms with Gasteiger partial charge in [0.05, 0.1) is 6.61 Å². The molecule has 0 spiro atoms. The molecule has 1 saturated heterocycles. The fraction of sp³-hybridized carbons (Fsp3) is 0.364. The first kappa shape index (κ1) is 10.1. The Kier molecular flexibility index (Phi) is 2.99. The lowest BCUT2D eigenvalue weighted by Crippen LogP contribution is -2.43. The van der Waals surface area contributed by atoms with Gasteiger partial charge in [-0.2, -0.15) is 0 Å². The Bertz CT molecular complexity index is 339. The van der Waals surface area contributed by atoms with Crippen molar-refractivity contribution in [3.8, 4) is 0 Å². The van der Waals surface area contributed by atoms with Crippen LogP contribution in [-0.4, -0.2) is 35.7 Å². The minimum atomic E-state index is -0.859. The fourth-order valence-corrected chi connectivity index (χ4v) is 1.59. The number of aliphatic hydroxyl groups excluding tert-OH is 1. The van der Waals surface area contributed by atoms with Gasteiger partial charge in [-0.3, -0.25) is 4.79 Å². The summed E-state index contributed by atoms with van der Waals surface area (Å²) in [6.45, 7) is 0.981. The van der Waals surface area contributed by atoms with Crippen LogP contribution in [0.15, 0.2) is 30.3 Å². The monoisotopic (exact) mass is 207 g/mol. The molecule has 1 unspecified atom stereocenters. The molecular formula is C11H13NO3. The quantitative estimate of drug-likeness (QED) is 0.769. The Morgan fingerprint density at radius 2 is 2.07 bits per heavy atom. The van der Waals surface area contributed by atoms with Gasteiger partial charge in [0, 0.05) is 12.1 Å². The van der Waals surface area contributed by atoms with Crippen LogP contribution in [0.5, 0.6) is 0 Å². The van der Waals surface area contributed by atoms with Crippen molar-refractivity contribution >= 4 is 5.91 Å². The maximum Gasteiger partial charge on any atom is 0.250 e. The Morgan fingerprint density at radius 1 is 1.33 bits per heavy atom. The lowest BCUT2D eigenvalue weighted by molar-refractivity contribution is -0.155. The number of carbonyl (C=O) groups is 1. The van der Waals surface area contributed by atoms with Crippen LogP contribution in [0, 0.1) is 0 Å². The molecule has 0 radical (unpaired) electrons. The van der Waals surface area contributed by atoms with Gasteiger partial charge >= 0.3 is 0 Å². The molecule has 0 bridgehead atoms. The maximum atomic E-state index is 11.4. The van der Waals surface area contributed by atoms with Gasteiger partial charge in [0.15, 0.2) is 6.23 Å². The van der Waals surface area contributed by atoms with Crippen LogP contribution in [-0.2, 0) is 9.53 Å². The average Bonchev–Trinajstić information content (AvgIpc) is 2.30. The summed E-state index contributed by atoms with van der Waals surface area (Å²) in [6.07, 6.45) is -0.859. The molecule has 0 saturated carbocycles. The Labute approximate surface area is 88.1 Å². The molecular weight excluding hydrogens is 194 g/mol. The molecule has 4 nitrogen and oxygen atoms in total. The van der Waals surface area contributed by atoms with Crippen molar-refractivity contribution in [2.24, 2.45) is 0 Å². The number of hydrogen-bond donors (Lipinski definition) is 1. The number of benzene rings is 1. The summed E-state index contributed by atoms with van der Waals surface area (Å²) in [5.74, 6) is -0.169. The van der Waals surface area contributed by atoms with Gasteiger partial charge < -0.3 is 14.7 Å². The third-order valence-corrected chi connectivity index (χ3v) is 2.42. The van der Waals surface area contributed by atoms with Crippen LogP contribution in [0.1, 0.15) is 11.8 Å². The van der Waals surface area contributed by atoms with Crippen molar-refractivity contribution in [3.63, 3.8) is 0 Å². The first-order valence-electron chi connectivity index (χ1n) is 4.89. The third-order valence-electron chi connectivity index (χ3n) is 2.42. The molecule has 4 heteroatoms. The van der Waals surface area contributed by atoms with Crippen molar-refractivity contribution in [1.82, 2.24) is 4.90 Å². The van der Waals surface area contributed by atoms with Crippen molar-refractivity contribution in [2.75, 3.05) is 19.8 Å². The molecule has 0 aromatic heterocycles. The minimum Gasteiger partial charge on any atom is -0.370 e. The van der Waals surface area contributed by atoms with E-state index < -0.39 is 6.23 Å².